The van der Waals surface area contributed by atoms with Crippen molar-refractivity contribution in [3.63, 3.8) is 0 Å². The highest BCUT2D eigenvalue weighted by atomic mass is 127. The molecule has 0 saturated heterocycles. The Hall–Kier alpha value is -3.12. The fraction of sp³-hybridized carbons (Fsp3) is 0.321. The molecule has 10 heteroatoms. The molecule has 2 aromatic carbocycles. The Balaban J connectivity index is 1.95. The van der Waals surface area contributed by atoms with Crippen molar-refractivity contribution in [2.75, 3.05) is 26.9 Å². The smallest absolute Gasteiger partial charge is 0.338 e. The summed E-state index contributed by atoms with van der Waals surface area (Å²) < 4.78 is 25.3. The molecule has 1 aliphatic heterocycles. The molecule has 0 radical (unpaired) electrons. The van der Waals surface area contributed by atoms with Gasteiger partial charge in [-0.1, -0.05) is 23.5 Å². The van der Waals surface area contributed by atoms with E-state index in [9.17, 15) is 9.59 Å². The number of hydrogen-bond donors (Lipinski definition) is 0. The number of allylic oxidation sites excluding steroid dienone is 1. The maximum absolute atomic E-state index is 13.9. The van der Waals surface area contributed by atoms with Crippen molar-refractivity contribution in [3.05, 3.63) is 82.1 Å². The Morgan fingerprint density at radius 3 is 2.45 bits per heavy atom. The standard InChI is InChI=1S/C28H29IN2O6S/c1-6-35-20-11-9-17(10-12-20)24-23(27(33)37-8-3)16(4)30-28-31(24)26(32)22(38-28)14-18-13-19(29)15-21(34-5)25(18)36-7-2/h9-15,24H,6-8H2,1-5H3/b22-14-/t24-/m1/s1. The molecular weight excluding hydrogens is 619 g/mol. The predicted octanol–water partition coefficient (Wildman–Crippen LogP) is 4.21. The summed E-state index contributed by atoms with van der Waals surface area (Å²) in [6.07, 6.45) is 1.79. The molecule has 8 nitrogen and oxygen atoms in total. The number of carbonyl (C=O) groups is 1. The third-order valence-electron chi connectivity index (χ3n) is 5.87. The first-order chi connectivity index (χ1) is 18.3. The molecule has 0 bridgehead atoms. The van der Waals surface area contributed by atoms with Crippen molar-refractivity contribution in [3.8, 4) is 17.2 Å². The maximum Gasteiger partial charge on any atom is 0.338 e. The van der Waals surface area contributed by atoms with Crippen LogP contribution in [0, 0.1) is 3.57 Å². The summed E-state index contributed by atoms with van der Waals surface area (Å²) in [5.41, 5.74) is 2.06. The number of carbonyl (C=O) groups excluding carboxylic acids is 1. The van der Waals surface area contributed by atoms with Gasteiger partial charge in [0.15, 0.2) is 16.3 Å². The monoisotopic (exact) mass is 648 g/mol. The number of methoxy groups -OCH3 is 1. The minimum atomic E-state index is -0.695. The third kappa shape index (κ3) is 5.51. The maximum atomic E-state index is 13.9. The molecule has 0 spiro atoms. The quantitative estimate of drug-likeness (QED) is 0.255. The first kappa shape index (κ1) is 27.9. The second-order valence-electron chi connectivity index (χ2n) is 8.26. The number of halogens is 1. The molecule has 1 aromatic heterocycles. The van der Waals surface area contributed by atoms with Crippen LogP contribution in [0.15, 0.2) is 57.5 Å². The largest absolute Gasteiger partial charge is 0.494 e. The highest BCUT2D eigenvalue weighted by Crippen LogP contribution is 2.34. The number of thiazole rings is 1. The number of rotatable bonds is 9. The molecule has 200 valence electrons. The SMILES string of the molecule is CCOC(=O)C1=C(C)N=c2s/c(=C\c3cc(I)cc(OC)c3OCC)c(=O)n2[C@@H]1c1ccc(OCC)cc1. The average Bonchev–Trinajstić information content (AvgIpc) is 3.19. The van der Waals surface area contributed by atoms with Crippen molar-refractivity contribution in [2.24, 2.45) is 4.99 Å². The van der Waals surface area contributed by atoms with Gasteiger partial charge in [-0.3, -0.25) is 9.36 Å². The van der Waals surface area contributed by atoms with Crippen LogP contribution < -0.4 is 29.1 Å². The lowest BCUT2D eigenvalue weighted by atomic mass is 9.96. The second-order valence-corrected chi connectivity index (χ2v) is 10.5. The van der Waals surface area contributed by atoms with Gasteiger partial charge in [-0.05, 0) is 86.2 Å². The molecule has 0 aliphatic carbocycles. The van der Waals surface area contributed by atoms with Gasteiger partial charge in [0, 0.05) is 9.13 Å². The van der Waals surface area contributed by atoms with Crippen LogP contribution in [-0.2, 0) is 9.53 Å². The van der Waals surface area contributed by atoms with E-state index in [1.807, 2.05) is 50.2 Å². The van der Waals surface area contributed by atoms with Crippen LogP contribution in [0.25, 0.3) is 6.08 Å². The van der Waals surface area contributed by atoms with E-state index >= 15 is 0 Å². The lowest BCUT2D eigenvalue weighted by molar-refractivity contribution is -0.139. The van der Waals surface area contributed by atoms with Gasteiger partial charge in [-0.15, -0.1) is 0 Å². The summed E-state index contributed by atoms with van der Waals surface area (Å²) >= 11 is 3.47. The first-order valence-electron chi connectivity index (χ1n) is 12.3. The zero-order valence-electron chi connectivity index (χ0n) is 21.9. The van der Waals surface area contributed by atoms with E-state index in [0.717, 1.165) is 14.7 Å². The zero-order valence-corrected chi connectivity index (χ0v) is 24.8. The summed E-state index contributed by atoms with van der Waals surface area (Å²) in [6, 6.07) is 10.5. The van der Waals surface area contributed by atoms with Crippen molar-refractivity contribution < 1.29 is 23.7 Å². The van der Waals surface area contributed by atoms with Crippen LogP contribution in [0.3, 0.4) is 0 Å². The summed E-state index contributed by atoms with van der Waals surface area (Å²) in [7, 11) is 1.59. The van der Waals surface area contributed by atoms with E-state index < -0.39 is 12.0 Å². The summed E-state index contributed by atoms with van der Waals surface area (Å²) in [5, 5.41) is 0. The first-order valence-corrected chi connectivity index (χ1v) is 14.1. The van der Waals surface area contributed by atoms with Crippen LogP contribution in [-0.4, -0.2) is 37.5 Å². The summed E-state index contributed by atoms with van der Waals surface area (Å²) in [6.45, 7) is 8.52. The van der Waals surface area contributed by atoms with Gasteiger partial charge in [0.25, 0.3) is 5.56 Å². The lowest BCUT2D eigenvalue weighted by Crippen LogP contribution is -2.39. The molecular formula is C28H29IN2O6S. The molecule has 0 unspecified atom stereocenters. The molecule has 0 saturated carbocycles. The molecule has 0 N–H and O–H groups in total. The van der Waals surface area contributed by atoms with E-state index in [1.54, 1.807) is 31.6 Å². The van der Waals surface area contributed by atoms with Crippen molar-refractivity contribution in [1.82, 2.24) is 4.57 Å². The van der Waals surface area contributed by atoms with E-state index in [4.69, 9.17) is 18.9 Å². The number of fused-ring (bicyclic) bond motifs is 1. The lowest BCUT2D eigenvalue weighted by Gasteiger charge is -2.24. The average molecular weight is 649 g/mol. The highest BCUT2D eigenvalue weighted by Gasteiger charge is 2.33. The minimum absolute atomic E-state index is 0.213. The van der Waals surface area contributed by atoms with Crippen molar-refractivity contribution in [1.29, 1.82) is 0 Å². The molecule has 1 atom stereocenters. The molecule has 2 heterocycles. The second kappa shape index (κ2) is 12.2. The van der Waals surface area contributed by atoms with Crippen LogP contribution in [0.1, 0.15) is 44.9 Å². The number of ether oxygens (including phenoxy) is 4. The van der Waals surface area contributed by atoms with Crippen molar-refractivity contribution in [2.45, 2.75) is 33.7 Å². The van der Waals surface area contributed by atoms with E-state index in [1.165, 1.54) is 11.3 Å². The van der Waals surface area contributed by atoms with Gasteiger partial charge in [0.1, 0.15) is 5.75 Å². The zero-order chi connectivity index (χ0) is 27.4. The van der Waals surface area contributed by atoms with Crippen LogP contribution in [0.5, 0.6) is 17.2 Å². The predicted molar refractivity (Wildman–Crippen MR) is 155 cm³/mol. The van der Waals surface area contributed by atoms with Gasteiger partial charge in [0.2, 0.25) is 0 Å². The fourth-order valence-electron chi connectivity index (χ4n) is 4.31. The Bertz CT molecular complexity index is 1560. The Morgan fingerprint density at radius 2 is 1.82 bits per heavy atom. The number of benzene rings is 2. The minimum Gasteiger partial charge on any atom is -0.494 e. The Labute approximate surface area is 238 Å². The van der Waals surface area contributed by atoms with Crippen LogP contribution in [0.2, 0.25) is 0 Å². The molecule has 0 amide bonds. The van der Waals surface area contributed by atoms with E-state index in [0.29, 0.717) is 51.1 Å². The van der Waals surface area contributed by atoms with Crippen LogP contribution in [0.4, 0.5) is 0 Å². The van der Waals surface area contributed by atoms with Gasteiger partial charge in [-0.25, -0.2) is 9.79 Å². The van der Waals surface area contributed by atoms with E-state index in [2.05, 4.69) is 27.6 Å². The fourth-order valence-corrected chi connectivity index (χ4v) is 5.96. The Kier molecular flexibility index (Phi) is 8.93. The van der Waals surface area contributed by atoms with E-state index in [-0.39, 0.29) is 12.2 Å². The number of esters is 1. The Morgan fingerprint density at radius 1 is 1.11 bits per heavy atom. The normalized spacial score (nSPS) is 15.1. The number of hydrogen-bond acceptors (Lipinski definition) is 8. The molecule has 38 heavy (non-hydrogen) atoms. The number of nitrogens with zero attached hydrogens (tertiary/aromatic N) is 2. The summed E-state index contributed by atoms with van der Waals surface area (Å²) in [5.74, 6) is 1.36. The third-order valence-corrected chi connectivity index (χ3v) is 7.47. The van der Waals surface area contributed by atoms with Gasteiger partial charge < -0.3 is 18.9 Å². The number of aromatic nitrogens is 1. The molecule has 4 rings (SSSR count). The molecule has 0 fully saturated rings. The topological polar surface area (TPSA) is 88.4 Å². The molecule has 3 aromatic rings. The van der Waals surface area contributed by atoms with Crippen LogP contribution >= 0.6 is 33.9 Å². The van der Waals surface area contributed by atoms with Gasteiger partial charge >= 0.3 is 5.97 Å². The van der Waals surface area contributed by atoms with Crippen molar-refractivity contribution >= 4 is 46.0 Å². The summed E-state index contributed by atoms with van der Waals surface area (Å²) in [4.78, 5) is 32.2. The van der Waals surface area contributed by atoms with Gasteiger partial charge in [-0.2, -0.15) is 0 Å². The highest BCUT2D eigenvalue weighted by molar-refractivity contribution is 14.1. The van der Waals surface area contributed by atoms with Gasteiger partial charge in [0.05, 0.1) is 48.8 Å². The molecule has 1 aliphatic rings.